The van der Waals surface area contributed by atoms with Gasteiger partial charge in [-0.15, -0.1) is 0 Å². The van der Waals surface area contributed by atoms with E-state index in [1.807, 2.05) is 13.8 Å². The average Bonchev–Trinajstić information content (AvgIpc) is 1.82. The van der Waals surface area contributed by atoms with E-state index in [-0.39, 0.29) is 11.9 Å². The van der Waals surface area contributed by atoms with E-state index in [2.05, 4.69) is 15.9 Å². The first-order valence-corrected chi connectivity index (χ1v) is 3.85. The fourth-order valence-electron chi connectivity index (χ4n) is 0.279. The lowest BCUT2D eigenvalue weighted by molar-refractivity contribution is -0.113. The molecule has 0 rings (SSSR count). The molecule has 0 bridgehead atoms. The van der Waals surface area contributed by atoms with Gasteiger partial charge in [0.15, 0.2) is 5.78 Å². The summed E-state index contributed by atoms with van der Waals surface area (Å²) in [5.41, 5.74) is 0. The Morgan fingerprint density at radius 2 is 2.10 bits per heavy atom. The summed E-state index contributed by atoms with van der Waals surface area (Å²) in [5, 5.41) is 0. The Morgan fingerprint density at radius 3 is 2.40 bits per heavy atom. The van der Waals surface area contributed by atoms with Crippen LogP contribution >= 0.6 is 15.9 Å². The number of hydrogen-bond donors (Lipinski definition) is 0. The van der Waals surface area contributed by atoms with Crippen molar-refractivity contribution in [1.29, 1.82) is 0 Å². The van der Waals surface area contributed by atoms with E-state index in [1.54, 1.807) is 0 Å². The molecule has 0 aromatic carbocycles. The number of ether oxygens (including phenoxy) is 1. The molecule has 0 aliphatic rings. The molecule has 0 aromatic heterocycles. The topological polar surface area (TPSA) is 26.3 Å². The molecular formula is C7H11BrO2. The maximum Gasteiger partial charge on any atom is 0.169 e. The Morgan fingerprint density at radius 1 is 1.60 bits per heavy atom. The third-order valence-electron chi connectivity index (χ3n) is 0.780. The van der Waals surface area contributed by atoms with Crippen LogP contribution in [0.5, 0.6) is 0 Å². The highest BCUT2D eigenvalue weighted by atomic mass is 79.9. The van der Waals surface area contributed by atoms with E-state index >= 15 is 0 Å². The van der Waals surface area contributed by atoms with Crippen LogP contribution in [0.1, 0.15) is 20.8 Å². The number of carbonyl (C=O) groups excluding carboxylic acids is 1. The Kier molecular flexibility index (Phi) is 4.36. The molecule has 10 heavy (non-hydrogen) atoms. The SMILES string of the molecule is CC(=O)C(Br)=COC(C)C. The summed E-state index contributed by atoms with van der Waals surface area (Å²) in [5.74, 6) is -0.0272. The number of Topliss-reactive ketones (excluding diaryl/α,β-unsaturated/α-hetero) is 1. The standard InChI is InChI=1S/C7H11BrO2/c1-5(2)10-4-7(8)6(3)9/h4-5H,1-3H3. The van der Waals surface area contributed by atoms with Gasteiger partial charge in [0.2, 0.25) is 0 Å². The van der Waals surface area contributed by atoms with Crippen LogP contribution in [0, 0.1) is 0 Å². The predicted octanol–water partition coefficient (Wildman–Crippen LogP) is 2.24. The van der Waals surface area contributed by atoms with Gasteiger partial charge < -0.3 is 4.74 Å². The van der Waals surface area contributed by atoms with Gasteiger partial charge >= 0.3 is 0 Å². The zero-order valence-corrected chi connectivity index (χ0v) is 7.94. The molecule has 0 heterocycles. The quantitative estimate of drug-likeness (QED) is 0.524. The van der Waals surface area contributed by atoms with Gasteiger partial charge in [0.05, 0.1) is 10.6 Å². The molecule has 0 spiro atoms. The molecule has 0 saturated heterocycles. The average molecular weight is 207 g/mol. The minimum absolute atomic E-state index is 0.0272. The van der Waals surface area contributed by atoms with E-state index in [4.69, 9.17) is 4.74 Å². The molecule has 0 saturated carbocycles. The van der Waals surface area contributed by atoms with Gasteiger partial charge in [-0.25, -0.2) is 0 Å². The highest BCUT2D eigenvalue weighted by molar-refractivity contribution is 9.12. The molecule has 0 atom stereocenters. The van der Waals surface area contributed by atoms with E-state index in [1.165, 1.54) is 13.2 Å². The first-order chi connectivity index (χ1) is 4.54. The molecule has 0 aliphatic heterocycles. The van der Waals surface area contributed by atoms with Crippen molar-refractivity contribution in [3.05, 3.63) is 10.7 Å². The van der Waals surface area contributed by atoms with Gasteiger partial charge in [0, 0.05) is 0 Å². The summed E-state index contributed by atoms with van der Waals surface area (Å²) in [6.07, 6.45) is 1.54. The maximum absolute atomic E-state index is 10.6. The molecule has 3 heteroatoms. The third kappa shape index (κ3) is 4.56. The number of rotatable bonds is 3. The van der Waals surface area contributed by atoms with Gasteiger partial charge in [-0.05, 0) is 36.7 Å². The lowest BCUT2D eigenvalue weighted by atomic mass is 10.4. The van der Waals surface area contributed by atoms with E-state index < -0.39 is 0 Å². The van der Waals surface area contributed by atoms with E-state index in [9.17, 15) is 4.79 Å². The monoisotopic (exact) mass is 206 g/mol. The fourth-order valence-corrected chi connectivity index (χ4v) is 0.387. The Hall–Kier alpha value is -0.310. The van der Waals surface area contributed by atoms with Crippen LogP contribution in [-0.4, -0.2) is 11.9 Å². The van der Waals surface area contributed by atoms with Crippen LogP contribution in [0.25, 0.3) is 0 Å². The van der Waals surface area contributed by atoms with Crippen LogP contribution in [-0.2, 0) is 9.53 Å². The number of hydrogen-bond acceptors (Lipinski definition) is 2. The van der Waals surface area contributed by atoms with Gasteiger partial charge in [-0.2, -0.15) is 0 Å². The third-order valence-corrected chi connectivity index (χ3v) is 1.53. The highest BCUT2D eigenvalue weighted by Gasteiger charge is 1.98. The molecule has 0 radical (unpaired) electrons. The molecule has 0 unspecified atom stereocenters. The zero-order chi connectivity index (χ0) is 8.15. The summed E-state index contributed by atoms with van der Waals surface area (Å²) in [6, 6.07) is 0. The largest absolute Gasteiger partial charge is 0.497 e. The maximum atomic E-state index is 10.6. The first-order valence-electron chi connectivity index (χ1n) is 3.06. The number of allylic oxidation sites excluding steroid dienone is 1. The highest BCUT2D eigenvalue weighted by Crippen LogP contribution is 2.06. The van der Waals surface area contributed by atoms with Crippen molar-refractivity contribution in [2.75, 3.05) is 0 Å². The van der Waals surface area contributed by atoms with Crippen molar-refractivity contribution in [3.8, 4) is 0 Å². The smallest absolute Gasteiger partial charge is 0.169 e. The second-order valence-electron chi connectivity index (χ2n) is 2.21. The molecule has 0 amide bonds. The number of halogens is 1. The van der Waals surface area contributed by atoms with E-state index in [0.717, 1.165) is 0 Å². The predicted molar refractivity (Wildman–Crippen MR) is 43.9 cm³/mol. The van der Waals surface area contributed by atoms with Gasteiger partial charge in [0.1, 0.15) is 6.26 Å². The fraction of sp³-hybridized carbons (Fsp3) is 0.571. The summed E-state index contributed by atoms with van der Waals surface area (Å²) in [7, 11) is 0. The normalized spacial score (nSPS) is 11.9. The van der Waals surface area contributed by atoms with Gasteiger partial charge in [-0.3, -0.25) is 4.79 Å². The molecule has 0 fully saturated rings. The van der Waals surface area contributed by atoms with Crippen LogP contribution in [0.3, 0.4) is 0 Å². The Balaban J connectivity index is 3.81. The van der Waals surface area contributed by atoms with Crippen molar-refractivity contribution in [2.24, 2.45) is 0 Å². The number of ketones is 1. The lowest BCUT2D eigenvalue weighted by Crippen LogP contribution is -1.97. The zero-order valence-electron chi connectivity index (χ0n) is 6.35. The van der Waals surface area contributed by atoms with Crippen LogP contribution in [0.2, 0.25) is 0 Å². The van der Waals surface area contributed by atoms with Crippen LogP contribution < -0.4 is 0 Å². The molecule has 0 aromatic rings. The Bertz CT molecular complexity index is 150. The second kappa shape index (κ2) is 4.50. The van der Waals surface area contributed by atoms with Crippen LogP contribution in [0.4, 0.5) is 0 Å². The van der Waals surface area contributed by atoms with Gasteiger partial charge in [-0.1, -0.05) is 0 Å². The van der Waals surface area contributed by atoms with Crippen molar-refractivity contribution in [3.63, 3.8) is 0 Å². The van der Waals surface area contributed by atoms with Crippen molar-refractivity contribution in [2.45, 2.75) is 26.9 Å². The van der Waals surface area contributed by atoms with Crippen molar-refractivity contribution in [1.82, 2.24) is 0 Å². The molecule has 58 valence electrons. The first kappa shape index (κ1) is 9.69. The summed E-state index contributed by atoms with van der Waals surface area (Å²) in [4.78, 5) is 10.6. The van der Waals surface area contributed by atoms with Crippen molar-refractivity contribution < 1.29 is 9.53 Å². The molecule has 0 aliphatic carbocycles. The molecule has 0 N–H and O–H groups in total. The number of carbonyl (C=O) groups is 1. The van der Waals surface area contributed by atoms with Gasteiger partial charge in [0.25, 0.3) is 0 Å². The minimum atomic E-state index is -0.0272. The van der Waals surface area contributed by atoms with Crippen LogP contribution in [0.15, 0.2) is 10.7 Å². The van der Waals surface area contributed by atoms with Crippen molar-refractivity contribution >= 4 is 21.7 Å². The summed E-state index contributed by atoms with van der Waals surface area (Å²) < 4.78 is 5.51. The lowest BCUT2D eigenvalue weighted by Gasteiger charge is -2.03. The summed E-state index contributed by atoms with van der Waals surface area (Å²) in [6.45, 7) is 5.28. The second-order valence-corrected chi connectivity index (χ2v) is 3.06. The molecular weight excluding hydrogens is 196 g/mol. The van der Waals surface area contributed by atoms with E-state index in [0.29, 0.717) is 4.48 Å². The summed E-state index contributed by atoms with van der Waals surface area (Å²) >= 11 is 3.06. The minimum Gasteiger partial charge on any atom is -0.497 e. The molecule has 2 nitrogen and oxygen atoms in total. The Labute approximate surface area is 69.4 Å².